The molecule has 0 aromatic carbocycles. The number of amides is 1. The third-order valence-corrected chi connectivity index (χ3v) is 7.08. The van der Waals surface area contributed by atoms with Gasteiger partial charge >= 0.3 is 0 Å². The van der Waals surface area contributed by atoms with Gasteiger partial charge in [-0.3, -0.25) is 9.48 Å². The predicted molar refractivity (Wildman–Crippen MR) is 89.8 cm³/mol. The van der Waals surface area contributed by atoms with Crippen molar-refractivity contribution in [3.63, 3.8) is 0 Å². The molecule has 2 fully saturated rings. The van der Waals surface area contributed by atoms with E-state index >= 15 is 0 Å². The minimum absolute atomic E-state index is 0.116. The van der Waals surface area contributed by atoms with E-state index in [4.69, 9.17) is 0 Å². The SMILES string of the molecule is CCn1cc(S(=O)(=O)N2CCC3(CCCN(C(C)C)C3=O)C2)cn1. The van der Waals surface area contributed by atoms with Gasteiger partial charge in [-0.1, -0.05) is 0 Å². The lowest BCUT2D eigenvalue weighted by Gasteiger charge is -2.41. The van der Waals surface area contributed by atoms with Crippen LogP contribution in [-0.4, -0.2) is 59.0 Å². The molecule has 1 aromatic heterocycles. The highest BCUT2D eigenvalue weighted by Crippen LogP contribution is 2.42. The second-order valence-corrected chi connectivity index (χ2v) is 9.03. The Morgan fingerprint density at radius 2 is 2.04 bits per heavy atom. The molecule has 3 rings (SSSR count). The Morgan fingerprint density at radius 3 is 2.67 bits per heavy atom. The van der Waals surface area contributed by atoms with Gasteiger partial charge in [0.2, 0.25) is 15.9 Å². The van der Waals surface area contributed by atoms with Crippen LogP contribution in [-0.2, 0) is 21.4 Å². The number of nitrogens with zero attached hydrogens (tertiary/aromatic N) is 4. The number of likely N-dealkylation sites (tertiary alicyclic amines) is 1. The summed E-state index contributed by atoms with van der Waals surface area (Å²) in [6.07, 6.45) is 5.27. The number of hydrogen-bond donors (Lipinski definition) is 0. The highest BCUT2D eigenvalue weighted by Gasteiger charge is 2.51. The van der Waals surface area contributed by atoms with Crippen LogP contribution in [0.25, 0.3) is 0 Å². The maximum Gasteiger partial charge on any atom is 0.246 e. The zero-order chi connectivity index (χ0) is 17.5. The number of carbonyl (C=O) groups is 1. The molecule has 8 heteroatoms. The monoisotopic (exact) mass is 354 g/mol. The van der Waals surface area contributed by atoms with Crippen LogP contribution >= 0.6 is 0 Å². The van der Waals surface area contributed by atoms with Crippen molar-refractivity contribution >= 4 is 15.9 Å². The first-order chi connectivity index (χ1) is 11.3. The Bertz CT molecular complexity index is 727. The molecule has 1 aromatic rings. The molecule has 0 aliphatic carbocycles. The summed E-state index contributed by atoms with van der Waals surface area (Å²) in [5.41, 5.74) is -0.545. The van der Waals surface area contributed by atoms with E-state index < -0.39 is 15.4 Å². The molecule has 1 spiro atoms. The molecule has 24 heavy (non-hydrogen) atoms. The van der Waals surface area contributed by atoms with E-state index in [0.29, 0.717) is 19.5 Å². The molecule has 2 saturated heterocycles. The lowest BCUT2D eigenvalue weighted by molar-refractivity contribution is -0.147. The van der Waals surface area contributed by atoms with Crippen molar-refractivity contribution < 1.29 is 13.2 Å². The van der Waals surface area contributed by atoms with Gasteiger partial charge in [-0.15, -0.1) is 0 Å². The molecule has 1 unspecified atom stereocenters. The first-order valence-corrected chi connectivity index (χ1v) is 10.1. The first kappa shape index (κ1) is 17.4. The molecule has 2 aliphatic rings. The molecular weight excluding hydrogens is 328 g/mol. The minimum atomic E-state index is -3.59. The van der Waals surface area contributed by atoms with Gasteiger partial charge in [-0.05, 0) is 40.0 Å². The van der Waals surface area contributed by atoms with E-state index in [9.17, 15) is 13.2 Å². The molecule has 0 radical (unpaired) electrons. The van der Waals surface area contributed by atoms with E-state index in [1.54, 1.807) is 10.9 Å². The predicted octanol–water partition coefficient (Wildman–Crippen LogP) is 1.31. The fraction of sp³-hybridized carbons (Fsp3) is 0.750. The quantitative estimate of drug-likeness (QED) is 0.817. The van der Waals surface area contributed by atoms with Crippen molar-refractivity contribution in [1.29, 1.82) is 0 Å². The summed E-state index contributed by atoms with van der Waals surface area (Å²) in [6.45, 7) is 8.02. The Kier molecular flexibility index (Phi) is 4.46. The maximum absolute atomic E-state index is 12.9. The zero-order valence-corrected chi connectivity index (χ0v) is 15.4. The minimum Gasteiger partial charge on any atom is -0.340 e. The average Bonchev–Trinajstić information content (AvgIpc) is 3.18. The number of aromatic nitrogens is 2. The molecule has 2 aliphatic heterocycles. The molecule has 7 nitrogen and oxygen atoms in total. The number of piperidine rings is 1. The van der Waals surface area contributed by atoms with Gasteiger partial charge in [0.25, 0.3) is 0 Å². The fourth-order valence-electron chi connectivity index (χ4n) is 3.81. The van der Waals surface area contributed by atoms with Gasteiger partial charge in [-0.2, -0.15) is 9.40 Å². The Hall–Kier alpha value is -1.41. The summed E-state index contributed by atoms with van der Waals surface area (Å²) >= 11 is 0. The van der Waals surface area contributed by atoms with Gasteiger partial charge < -0.3 is 4.90 Å². The van der Waals surface area contributed by atoms with Crippen LogP contribution in [0.5, 0.6) is 0 Å². The molecule has 1 amide bonds. The van der Waals surface area contributed by atoms with Crippen molar-refractivity contribution in [2.24, 2.45) is 5.41 Å². The van der Waals surface area contributed by atoms with E-state index in [1.165, 1.54) is 10.5 Å². The van der Waals surface area contributed by atoms with Crippen molar-refractivity contribution in [3.8, 4) is 0 Å². The van der Waals surface area contributed by atoms with E-state index in [2.05, 4.69) is 5.10 Å². The summed E-state index contributed by atoms with van der Waals surface area (Å²) < 4.78 is 28.8. The molecule has 0 bridgehead atoms. The Labute approximate surface area is 143 Å². The number of aryl methyl sites for hydroxylation is 1. The maximum atomic E-state index is 12.9. The summed E-state index contributed by atoms with van der Waals surface area (Å²) in [5, 5.41) is 4.06. The number of hydrogen-bond acceptors (Lipinski definition) is 4. The third kappa shape index (κ3) is 2.75. The summed E-state index contributed by atoms with van der Waals surface area (Å²) in [6, 6.07) is 0.156. The highest BCUT2D eigenvalue weighted by atomic mass is 32.2. The fourth-order valence-corrected chi connectivity index (χ4v) is 5.29. The lowest BCUT2D eigenvalue weighted by Crippen LogP contribution is -2.52. The molecule has 0 saturated carbocycles. The highest BCUT2D eigenvalue weighted by molar-refractivity contribution is 7.89. The largest absolute Gasteiger partial charge is 0.340 e. The lowest BCUT2D eigenvalue weighted by atomic mass is 9.78. The van der Waals surface area contributed by atoms with Gasteiger partial charge in [0, 0.05) is 38.4 Å². The van der Waals surface area contributed by atoms with Gasteiger partial charge in [0.05, 0.1) is 11.6 Å². The first-order valence-electron chi connectivity index (χ1n) is 8.64. The van der Waals surface area contributed by atoms with Crippen LogP contribution < -0.4 is 0 Å². The second-order valence-electron chi connectivity index (χ2n) is 7.10. The molecule has 134 valence electrons. The summed E-state index contributed by atoms with van der Waals surface area (Å²) in [7, 11) is -3.59. The number of sulfonamides is 1. The van der Waals surface area contributed by atoms with Crippen LogP contribution in [0.4, 0.5) is 0 Å². The topological polar surface area (TPSA) is 75.5 Å². The standard InChI is InChI=1S/C16H26N4O3S/c1-4-18-11-14(10-17-18)24(22,23)19-9-7-16(12-19)6-5-8-20(13(2)3)15(16)21/h10-11,13H,4-9,12H2,1-3H3. The van der Waals surface area contributed by atoms with Crippen LogP contribution in [0.1, 0.15) is 40.0 Å². The average molecular weight is 354 g/mol. The van der Waals surface area contributed by atoms with Crippen LogP contribution in [0.2, 0.25) is 0 Å². The molecule has 0 N–H and O–H groups in total. The van der Waals surface area contributed by atoms with Crippen molar-refractivity contribution in [2.75, 3.05) is 19.6 Å². The normalized spacial score (nSPS) is 26.0. The van der Waals surface area contributed by atoms with Crippen LogP contribution in [0, 0.1) is 5.41 Å². The summed E-state index contributed by atoms with van der Waals surface area (Å²) in [4.78, 5) is 15.0. The second kappa shape index (κ2) is 6.15. The van der Waals surface area contributed by atoms with Gasteiger partial charge in [0.15, 0.2) is 0 Å². The Balaban J connectivity index is 1.83. The van der Waals surface area contributed by atoms with E-state index in [1.807, 2.05) is 25.7 Å². The number of rotatable bonds is 4. The van der Waals surface area contributed by atoms with Crippen LogP contribution in [0.15, 0.2) is 17.3 Å². The van der Waals surface area contributed by atoms with Crippen LogP contribution in [0.3, 0.4) is 0 Å². The molecule has 3 heterocycles. The third-order valence-electron chi connectivity index (χ3n) is 5.28. The smallest absolute Gasteiger partial charge is 0.246 e. The van der Waals surface area contributed by atoms with Gasteiger partial charge in [-0.25, -0.2) is 8.42 Å². The van der Waals surface area contributed by atoms with Crippen molar-refractivity contribution in [2.45, 2.75) is 57.5 Å². The summed E-state index contributed by atoms with van der Waals surface area (Å²) in [5.74, 6) is 0.116. The van der Waals surface area contributed by atoms with E-state index in [-0.39, 0.29) is 23.4 Å². The Morgan fingerprint density at radius 1 is 1.29 bits per heavy atom. The van der Waals surface area contributed by atoms with Gasteiger partial charge in [0.1, 0.15) is 4.90 Å². The molecular formula is C16H26N4O3S. The number of carbonyl (C=O) groups excluding carboxylic acids is 1. The molecule has 1 atom stereocenters. The van der Waals surface area contributed by atoms with Crippen molar-refractivity contribution in [1.82, 2.24) is 19.0 Å². The van der Waals surface area contributed by atoms with Crippen molar-refractivity contribution in [3.05, 3.63) is 12.4 Å². The zero-order valence-electron chi connectivity index (χ0n) is 14.6. The van der Waals surface area contributed by atoms with E-state index in [0.717, 1.165) is 19.4 Å².